The van der Waals surface area contributed by atoms with Crippen molar-refractivity contribution in [3.63, 3.8) is 0 Å². The Balaban J connectivity index is 1.52. The van der Waals surface area contributed by atoms with E-state index < -0.39 is 0 Å². The van der Waals surface area contributed by atoms with E-state index in [0.29, 0.717) is 5.95 Å². The number of aromatic nitrogens is 3. The van der Waals surface area contributed by atoms with Crippen LogP contribution in [0.15, 0.2) is 54.7 Å². The molecule has 0 amide bonds. The molecule has 0 fully saturated rings. The van der Waals surface area contributed by atoms with Crippen LogP contribution in [0.3, 0.4) is 0 Å². The van der Waals surface area contributed by atoms with Gasteiger partial charge in [-0.15, -0.1) is 5.10 Å². The summed E-state index contributed by atoms with van der Waals surface area (Å²) in [5.74, 6) is 1.32. The second-order valence-corrected chi connectivity index (χ2v) is 6.51. The molecule has 0 saturated heterocycles. The van der Waals surface area contributed by atoms with Gasteiger partial charge in [0.2, 0.25) is 5.95 Å². The van der Waals surface area contributed by atoms with Gasteiger partial charge in [-0.25, -0.2) is 0 Å². The molecule has 3 aromatic rings. The van der Waals surface area contributed by atoms with Crippen LogP contribution in [0.25, 0.3) is 0 Å². The zero-order valence-electron chi connectivity index (χ0n) is 15.8. The lowest BCUT2D eigenvalue weighted by atomic mass is 10.2. The number of benzene rings is 2. The number of hydrogen-bond donors (Lipinski definition) is 1. The van der Waals surface area contributed by atoms with Gasteiger partial charge in [0.25, 0.3) is 0 Å². The van der Waals surface area contributed by atoms with Crippen LogP contribution in [-0.2, 0) is 6.42 Å². The zero-order chi connectivity index (χ0) is 18.6. The van der Waals surface area contributed by atoms with Gasteiger partial charge >= 0.3 is 0 Å². The maximum atomic E-state index is 4.67. The van der Waals surface area contributed by atoms with Crippen LogP contribution >= 0.6 is 0 Å². The highest BCUT2D eigenvalue weighted by Crippen LogP contribution is 2.33. The van der Waals surface area contributed by atoms with Crippen molar-refractivity contribution in [3.8, 4) is 0 Å². The minimum Gasteiger partial charge on any atom is -0.372 e. The zero-order valence-corrected chi connectivity index (χ0v) is 15.8. The first kappa shape index (κ1) is 17.3. The van der Waals surface area contributed by atoms with Crippen molar-refractivity contribution in [2.75, 3.05) is 34.8 Å². The molecule has 27 heavy (non-hydrogen) atoms. The van der Waals surface area contributed by atoms with Gasteiger partial charge in [-0.1, -0.05) is 18.2 Å². The van der Waals surface area contributed by atoms with Gasteiger partial charge in [0, 0.05) is 36.7 Å². The molecule has 138 valence electrons. The molecule has 0 aliphatic carbocycles. The van der Waals surface area contributed by atoms with Gasteiger partial charge in [-0.3, -0.25) is 0 Å². The monoisotopic (exact) mass is 360 g/mol. The first-order chi connectivity index (χ1) is 13.3. The van der Waals surface area contributed by atoms with E-state index in [9.17, 15) is 0 Å². The summed E-state index contributed by atoms with van der Waals surface area (Å²) >= 11 is 0. The SMILES string of the molecule is CCN(CC)c1ccc(Nc2nncc(N3CCc4ccccc43)n2)cc1. The van der Waals surface area contributed by atoms with Crippen LogP contribution < -0.4 is 15.1 Å². The van der Waals surface area contributed by atoms with Crippen LogP contribution in [-0.4, -0.2) is 34.8 Å². The normalized spacial score (nSPS) is 12.7. The number of hydrogen-bond acceptors (Lipinski definition) is 6. The Morgan fingerprint density at radius 2 is 1.81 bits per heavy atom. The first-order valence-corrected chi connectivity index (χ1v) is 9.45. The van der Waals surface area contributed by atoms with Crippen LogP contribution in [0.2, 0.25) is 0 Å². The number of anilines is 5. The van der Waals surface area contributed by atoms with E-state index in [0.717, 1.165) is 37.6 Å². The smallest absolute Gasteiger partial charge is 0.249 e. The Labute approximate surface area is 159 Å². The topological polar surface area (TPSA) is 57.2 Å². The highest BCUT2D eigenvalue weighted by Gasteiger charge is 2.21. The van der Waals surface area contributed by atoms with E-state index in [4.69, 9.17) is 0 Å². The maximum Gasteiger partial charge on any atom is 0.249 e. The summed E-state index contributed by atoms with van der Waals surface area (Å²) < 4.78 is 0. The third kappa shape index (κ3) is 3.56. The summed E-state index contributed by atoms with van der Waals surface area (Å²) in [5.41, 5.74) is 4.71. The molecule has 0 spiro atoms. The van der Waals surface area contributed by atoms with E-state index in [-0.39, 0.29) is 0 Å². The molecule has 2 aromatic carbocycles. The molecular formula is C21H24N6. The lowest BCUT2D eigenvalue weighted by Gasteiger charge is -2.21. The van der Waals surface area contributed by atoms with Crippen molar-refractivity contribution < 1.29 is 0 Å². The Hall–Kier alpha value is -3.15. The molecule has 6 heteroatoms. The summed E-state index contributed by atoms with van der Waals surface area (Å²) in [4.78, 5) is 9.18. The number of rotatable bonds is 6. The van der Waals surface area contributed by atoms with Crippen molar-refractivity contribution in [3.05, 3.63) is 60.3 Å². The van der Waals surface area contributed by atoms with Crippen molar-refractivity contribution in [2.45, 2.75) is 20.3 Å². The fourth-order valence-electron chi connectivity index (χ4n) is 3.53. The molecule has 4 rings (SSSR count). The molecule has 1 N–H and O–H groups in total. The quantitative estimate of drug-likeness (QED) is 0.712. The second-order valence-electron chi connectivity index (χ2n) is 6.51. The molecule has 0 saturated carbocycles. The van der Waals surface area contributed by atoms with Gasteiger partial charge in [0.05, 0.1) is 6.20 Å². The van der Waals surface area contributed by atoms with Gasteiger partial charge < -0.3 is 15.1 Å². The highest BCUT2D eigenvalue weighted by atomic mass is 15.3. The number of fused-ring (bicyclic) bond motifs is 1. The number of para-hydroxylation sites is 1. The highest BCUT2D eigenvalue weighted by molar-refractivity contribution is 5.68. The third-order valence-electron chi connectivity index (χ3n) is 4.96. The maximum absolute atomic E-state index is 4.67. The lowest BCUT2D eigenvalue weighted by molar-refractivity contribution is 0.866. The average molecular weight is 360 g/mol. The Morgan fingerprint density at radius 1 is 1.04 bits per heavy atom. The number of nitrogens with one attached hydrogen (secondary N) is 1. The van der Waals surface area contributed by atoms with E-state index in [1.165, 1.54) is 16.9 Å². The Bertz CT molecular complexity index is 905. The van der Waals surface area contributed by atoms with Crippen molar-refractivity contribution >= 4 is 28.8 Å². The van der Waals surface area contributed by atoms with Gasteiger partial charge in [0.1, 0.15) is 0 Å². The first-order valence-electron chi connectivity index (χ1n) is 9.45. The molecule has 1 aliphatic rings. The molecule has 0 radical (unpaired) electrons. The van der Waals surface area contributed by atoms with Crippen LogP contribution in [0.4, 0.5) is 28.8 Å². The average Bonchev–Trinajstić information content (AvgIpc) is 3.15. The molecular weight excluding hydrogens is 336 g/mol. The molecule has 6 nitrogen and oxygen atoms in total. The summed E-state index contributed by atoms with van der Waals surface area (Å²) in [6.07, 6.45) is 2.74. The van der Waals surface area contributed by atoms with Crippen molar-refractivity contribution in [1.29, 1.82) is 0 Å². The summed E-state index contributed by atoms with van der Waals surface area (Å²) in [7, 11) is 0. The van der Waals surface area contributed by atoms with Gasteiger partial charge in [-0.05, 0) is 56.2 Å². The predicted octanol–water partition coefficient (Wildman–Crippen LogP) is 4.16. The molecule has 1 aliphatic heterocycles. The lowest BCUT2D eigenvalue weighted by Crippen LogP contribution is -2.21. The van der Waals surface area contributed by atoms with E-state index in [1.807, 2.05) is 0 Å². The largest absolute Gasteiger partial charge is 0.372 e. The molecule has 1 aromatic heterocycles. The van der Waals surface area contributed by atoms with Crippen molar-refractivity contribution in [1.82, 2.24) is 15.2 Å². The third-order valence-corrected chi connectivity index (χ3v) is 4.96. The Kier molecular flexibility index (Phi) is 4.87. The molecule has 0 unspecified atom stereocenters. The van der Waals surface area contributed by atoms with E-state index in [2.05, 4.69) is 92.7 Å². The summed E-state index contributed by atoms with van der Waals surface area (Å²) in [5, 5.41) is 11.6. The minimum absolute atomic E-state index is 0.507. The van der Waals surface area contributed by atoms with Crippen LogP contribution in [0, 0.1) is 0 Å². The summed E-state index contributed by atoms with van der Waals surface area (Å²) in [6.45, 7) is 7.23. The van der Waals surface area contributed by atoms with E-state index >= 15 is 0 Å². The summed E-state index contributed by atoms with van der Waals surface area (Å²) in [6, 6.07) is 16.8. The second kappa shape index (κ2) is 7.61. The molecule has 0 atom stereocenters. The van der Waals surface area contributed by atoms with Crippen LogP contribution in [0.5, 0.6) is 0 Å². The fourth-order valence-corrected chi connectivity index (χ4v) is 3.53. The van der Waals surface area contributed by atoms with Gasteiger partial charge in [0.15, 0.2) is 5.82 Å². The number of nitrogens with zero attached hydrogens (tertiary/aromatic N) is 5. The van der Waals surface area contributed by atoms with E-state index in [1.54, 1.807) is 6.20 Å². The van der Waals surface area contributed by atoms with Gasteiger partial charge in [-0.2, -0.15) is 10.1 Å². The predicted molar refractivity (Wildman–Crippen MR) is 110 cm³/mol. The Morgan fingerprint density at radius 3 is 2.59 bits per heavy atom. The van der Waals surface area contributed by atoms with Crippen LogP contribution in [0.1, 0.15) is 19.4 Å². The fraction of sp³-hybridized carbons (Fsp3) is 0.286. The standard InChI is InChI=1S/C21H24N6/c1-3-26(4-2)18-11-9-17(10-12-18)23-21-24-20(15-22-25-21)27-14-13-16-7-5-6-8-19(16)27/h5-12,15H,3-4,13-14H2,1-2H3,(H,23,24,25). The molecule has 2 heterocycles. The molecule has 0 bridgehead atoms. The minimum atomic E-state index is 0.507. The van der Waals surface area contributed by atoms with Crippen molar-refractivity contribution in [2.24, 2.45) is 0 Å².